The van der Waals surface area contributed by atoms with Gasteiger partial charge in [-0.05, 0) is 82.3 Å². The highest BCUT2D eigenvalue weighted by Gasteiger charge is 2.28. The molecule has 0 aliphatic carbocycles. The van der Waals surface area contributed by atoms with Crippen LogP contribution in [0.4, 0.5) is 10.5 Å². The van der Waals surface area contributed by atoms with Crippen molar-refractivity contribution < 1.29 is 9.53 Å². The summed E-state index contributed by atoms with van der Waals surface area (Å²) in [5.74, 6) is 0. The van der Waals surface area contributed by atoms with Crippen LogP contribution in [0.2, 0.25) is 0 Å². The van der Waals surface area contributed by atoms with Gasteiger partial charge in [-0.15, -0.1) is 5.10 Å². The average molecular weight is 556 g/mol. The van der Waals surface area contributed by atoms with Gasteiger partial charge in [-0.25, -0.2) is 14.0 Å². The van der Waals surface area contributed by atoms with E-state index in [4.69, 9.17) is 4.74 Å². The Bertz CT molecular complexity index is 1550. The summed E-state index contributed by atoms with van der Waals surface area (Å²) >= 11 is 0. The molecule has 4 aromatic rings. The van der Waals surface area contributed by atoms with Gasteiger partial charge in [0, 0.05) is 42.5 Å². The monoisotopic (exact) mass is 555 g/mol. The second-order valence-electron chi connectivity index (χ2n) is 13.4. The number of hydrogen-bond acceptors (Lipinski definition) is 7. The molecule has 2 aliphatic heterocycles. The van der Waals surface area contributed by atoms with Crippen LogP contribution in [0.15, 0.2) is 48.9 Å². The van der Waals surface area contributed by atoms with Gasteiger partial charge in [0.15, 0.2) is 0 Å². The largest absolute Gasteiger partial charge is 0.443 e. The molecule has 41 heavy (non-hydrogen) atoms. The molecule has 2 fully saturated rings. The van der Waals surface area contributed by atoms with Crippen LogP contribution in [0, 0.1) is 5.41 Å². The lowest BCUT2D eigenvalue weighted by Gasteiger charge is -2.37. The van der Waals surface area contributed by atoms with E-state index >= 15 is 0 Å². The fourth-order valence-electron chi connectivity index (χ4n) is 5.60. The van der Waals surface area contributed by atoms with Gasteiger partial charge in [0.05, 0.1) is 30.1 Å². The second-order valence-corrected chi connectivity index (χ2v) is 13.4. The first-order valence-corrected chi connectivity index (χ1v) is 14.7. The zero-order valence-corrected chi connectivity index (χ0v) is 24.9. The highest BCUT2D eigenvalue weighted by molar-refractivity contribution is 5.91. The van der Waals surface area contributed by atoms with E-state index in [9.17, 15) is 4.79 Å². The van der Waals surface area contributed by atoms with E-state index in [0.717, 1.165) is 84.7 Å². The number of pyridine rings is 1. The summed E-state index contributed by atoms with van der Waals surface area (Å²) in [6, 6.07) is 10.5. The number of hydrogen-bond donors (Lipinski definition) is 0. The number of fused-ring (bicyclic) bond motifs is 1. The topological polar surface area (TPSA) is 81.3 Å². The highest BCUT2D eigenvalue weighted by Crippen LogP contribution is 2.32. The molecule has 3 aromatic heterocycles. The predicted octanol–water partition coefficient (Wildman–Crippen LogP) is 5.96. The standard InChI is InChI=1S/C32H41N7O2/c1-31(2,3)41-30(40)39-27(21-36-13-9-32(4,5)10-14-36)16-24-8-7-23(15-29(24)39)20-38-22-28(34-35-38)25-17-26(19-33-18-25)37-11-6-12-37/h7-8,15-19,22H,6,9-14,20-21H2,1-5H3. The number of carbonyl (C=O) groups excluding carboxylic acids is 1. The molecule has 216 valence electrons. The molecule has 2 aliphatic rings. The van der Waals surface area contributed by atoms with Gasteiger partial charge in [0.1, 0.15) is 11.3 Å². The molecule has 1 aromatic carbocycles. The molecule has 5 heterocycles. The maximum atomic E-state index is 13.5. The average Bonchev–Trinajstić information content (AvgIpc) is 3.48. The molecule has 9 nitrogen and oxygen atoms in total. The summed E-state index contributed by atoms with van der Waals surface area (Å²) in [6.07, 6.45) is 8.89. The van der Waals surface area contributed by atoms with Gasteiger partial charge >= 0.3 is 6.09 Å². The molecule has 9 heteroatoms. The number of aromatic nitrogens is 5. The van der Waals surface area contributed by atoms with Gasteiger partial charge in [-0.2, -0.15) is 0 Å². The summed E-state index contributed by atoms with van der Waals surface area (Å²) in [5.41, 5.74) is 5.52. The quantitative estimate of drug-likeness (QED) is 0.290. The lowest BCUT2D eigenvalue weighted by Crippen LogP contribution is -2.37. The molecular formula is C32H41N7O2. The summed E-state index contributed by atoms with van der Waals surface area (Å²) in [6.45, 7) is 15.9. The van der Waals surface area contributed by atoms with Gasteiger partial charge in [-0.3, -0.25) is 9.88 Å². The minimum atomic E-state index is -0.587. The molecule has 2 saturated heterocycles. The van der Waals surface area contributed by atoms with Gasteiger partial charge in [0.25, 0.3) is 0 Å². The summed E-state index contributed by atoms with van der Waals surface area (Å²) in [4.78, 5) is 22.7. The Morgan fingerprint density at radius 1 is 1.00 bits per heavy atom. The molecule has 0 unspecified atom stereocenters. The van der Waals surface area contributed by atoms with Gasteiger partial charge in [0.2, 0.25) is 0 Å². The van der Waals surface area contributed by atoms with Crippen molar-refractivity contribution in [1.82, 2.24) is 29.4 Å². The van der Waals surface area contributed by atoms with Crippen LogP contribution >= 0.6 is 0 Å². The third kappa shape index (κ3) is 6.15. The van der Waals surface area contributed by atoms with E-state index in [1.807, 2.05) is 44.0 Å². The number of benzene rings is 1. The Labute approximate surface area is 242 Å². The fourth-order valence-corrected chi connectivity index (χ4v) is 5.60. The molecule has 0 saturated carbocycles. The number of carbonyl (C=O) groups is 1. The molecule has 0 atom stereocenters. The maximum Gasteiger partial charge on any atom is 0.419 e. The van der Waals surface area contributed by atoms with Crippen molar-refractivity contribution in [2.24, 2.45) is 5.41 Å². The molecule has 0 N–H and O–H groups in total. The lowest BCUT2D eigenvalue weighted by atomic mass is 9.83. The fraction of sp³-hybridized carbons (Fsp3) is 0.500. The smallest absolute Gasteiger partial charge is 0.419 e. The number of anilines is 1. The molecule has 0 amide bonds. The first kappa shape index (κ1) is 27.4. The highest BCUT2D eigenvalue weighted by atomic mass is 16.6. The number of piperidine rings is 1. The molecule has 0 bridgehead atoms. The number of ether oxygens (including phenoxy) is 1. The molecule has 0 radical (unpaired) electrons. The van der Waals surface area contributed by atoms with Crippen LogP contribution < -0.4 is 4.90 Å². The van der Waals surface area contributed by atoms with E-state index in [1.54, 1.807) is 4.57 Å². The van der Waals surface area contributed by atoms with Crippen LogP contribution in [-0.4, -0.2) is 67.3 Å². The zero-order valence-electron chi connectivity index (χ0n) is 24.9. The van der Waals surface area contributed by atoms with Crippen molar-refractivity contribution in [3.8, 4) is 11.3 Å². The Hall–Kier alpha value is -3.72. The minimum Gasteiger partial charge on any atom is -0.443 e. The summed E-state index contributed by atoms with van der Waals surface area (Å²) in [5, 5.41) is 9.85. The summed E-state index contributed by atoms with van der Waals surface area (Å²) in [7, 11) is 0. The maximum absolute atomic E-state index is 13.5. The van der Waals surface area contributed by atoms with Crippen LogP contribution in [0.1, 0.15) is 65.1 Å². The number of likely N-dealkylation sites (tertiary alicyclic amines) is 1. The van der Waals surface area contributed by atoms with E-state index in [1.165, 1.54) is 6.42 Å². The van der Waals surface area contributed by atoms with E-state index < -0.39 is 5.60 Å². The van der Waals surface area contributed by atoms with E-state index in [0.29, 0.717) is 12.0 Å². The zero-order chi connectivity index (χ0) is 28.8. The Morgan fingerprint density at radius 3 is 2.49 bits per heavy atom. The first-order chi connectivity index (χ1) is 19.5. The van der Waals surface area contributed by atoms with Crippen LogP contribution in [0.3, 0.4) is 0 Å². The van der Waals surface area contributed by atoms with Crippen molar-refractivity contribution >= 4 is 22.7 Å². The van der Waals surface area contributed by atoms with E-state index in [-0.39, 0.29) is 6.09 Å². The third-order valence-electron chi connectivity index (χ3n) is 8.24. The first-order valence-electron chi connectivity index (χ1n) is 14.7. The Morgan fingerprint density at radius 2 is 1.78 bits per heavy atom. The van der Waals surface area contributed by atoms with Crippen molar-refractivity contribution in [2.45, 2.75) is 72.6 Å². The van der Waals surface area contributed by atoms with Crippen LogP contribution in [0.25, 0.3) is 22.2 Å². The molecule has 6 rings (SSSR count). The third-order valence-corrected chi connectivity index (χ3v) is 8.24. The Balaban J connectivity index is 1.26. The Kier molecular flexibility index (Phi) is 7.09. The normalized spacial score (nSPS) is 17.5. The second kappa shape index (κ2) is 10.6. The van der Waals surface area contributed by atoms with Gasteiger partial charge < -0.3 is 9.64 Å². The van der Waals surface area contributed by atoms with Crippen LogP contribution in [-0.2, 0) is 17.8 Å². The molecule has 0 spiro atoms. The van der Waals surface area contributed by atoms with Crippen LogP contribution in [0.5, 0.6) is 0 Å². The lowest BCUT2D eigenvalue weighted by molar-refractivity contribution is 0.0531. The van der Waals surface area contributed by atoms with Crippen molar-refractivity contribution in [3.05, 3.63) is 60.2 Å². The minimum absolute atomic E-state index is 0.338. The SMILES string of the molecule is CC1(C)CCN(Cc2cc3ccc(Cn4cc(-c5cncc(N6CCC6)c5)nn4)cc3n2C(=O)OC(C)(C)C)CC1. The number of rotatable bonds is 6. The van der Waals surface area contributed by atoms with Crippen molar-refractivity contribution in [2.75, 3.05) is 31.1 Å². The number of nitrogens with zero attached hydrogens (tertiary/aromatic N) is 7. The van der Waals surface area contributed by atoms with Gasteiger partial charge in [-0.1, -0.05) is 31.2 Å². The van der Waals surface area contributed by atoms with Crippen molar-refractivity contribution in [3.63, 3.8) is 0 Å². The van der Waals surface area contributed by atoms with E-state index in [2.05, 4.69) is 69.3 Å². The van der Waals surface area contributed by atoms with Crippen molar-refractivity contribution in [1.29, 1.82) is 0 Å². The summed E-state index contributed by atoms with van der Waals surface area (Å²) < 4.78 is 9.48. The molecular weight excluding hydrogens is 514 g/mol. The predicted molar refractivity (Wildman–Crippen MR) is 161 cm³/mol.